The minimum absolute atomic E-state index is 0.0469. The maximum absolute atomic E-state index is 13.7. The quantitative estimate of drug-likeness (QED) is 0.420. The first-order chi connectivity index (χ1) is 18.5. The Hall–Kier alpha value is -3.15. The molecule has 5 heteroatoms. The highest BCUT2D eigenvalue weighted by atomic mass is 16.5. The highest BCUT2D eigenvalue weighted by Gasteiger charge is 2.55. The van der Waals surface area contributed by atoms with Gasteiger partial charge in [0.05, 0.1) is 19.1 Å². The second-order valence-corrected chi connectivity index (χ2v) is 11.2. The van der Waals surface area contributed by atoms with E-state index in [0.29, 0.717) is 26.1 Å². The molecule has 3 aromatic carbocycles. The second kappa shape index (κ2) is 11.7. The monoisotopic (exact) mass is 512 g/mol. The fourth-order valence-electron chi connectivity index (χ4n) is 6.70. The largest absolute Gasteiger partial charge is 0.493 e. The zero-order valence-corrected chi connectivity index (χ0v) is 22.6. The van der Waals surface area contributed by atoms with Gasteiger partial charge in [0, 0.05) is 36.5 Å². The molecule has 5 nitrogen and oxygen atoms in total. The van der Waals surface area contributed by atoms with E-state index in [-0.39, 0.29) is 23.2 Å². The number of fused-ring (bicyclic) bond motifs is 1. The molecular weight excluding hydrogens is 472 g/mol. The molecule has 3 atom stereocenters. The van der Waals surface area contributed by atoms with Crippen molar-refractivity contribution >= 4 is 5.91 Å². The first-order valence-corrected chi connectivity index (χ1v) is 13.9. The van der Waals surface area contributed by atoms with E-state index in [9.17, 15) is 9.90 Å². The summed E-state index contributed by atoms with van der Waals surface area (Å²) >= 11 is 0. The molecule has 2 aliphatic rings. The number of para-hydroxylation sites is 1. The Bertz CT molecular complexity index is 1160. The van der Waals surface area contributed by atoms with Gasteiger partial charge in [-0.25, -0.2) is 0 Å². The average Bonchev–Trinajstić information content (AvgIpc) is 3.41. The van der Waals surface area contributed by atoms with Crippen molar-refractivity contribution in [1.29, 1.82) is 0 Å². The smallest absolute Gasteiger partial charge is 0.227 e. The average molecular weight is 513 g/mol. The Kier molecular flexibility index (Phi) is 8.15. The van der Waals surface area contributed by atoms with Crippen molar-refractivity contribution in [3.05, 3.63) is 102 Å². The lowest BCUT2D eigenvalue weighted by atomic mass is 9.56. The Morgan fingerprint density at radius 3 is 2.24 bits per heavy atom. The first-order valence-electron chi connectivity index (χ1n) is 13.9. The molecule has 0 bridgehead atoms. The summed E-state index contributed by atoms with van der Waals surface area (Å²) in [6.45, 7) is 2.83. The minimum atomic E-state index is -0.398. The van der Waals surface area contributed by atoms with Crippen molar-refractivity contribution in [3.8, 4) is 5.75 Å². The molecule has 1 heterocycles. The van der Waals surface area contributed by atoms with E-state index in [1.165, 1.54) is 11.1 Å². The van der Waals surface area contributed by atoms with Crippen LogP contribution in [0.25, 0.3) is 0 Å². The van der Waals surface area contributed by atoms with Gasteiger partial charge in [0.25, 0.3) is 0 Å². The fraction of sp³-hybridized carbons (Fsp3) is 0.424. The van der Waals surface area contributed by atoms with Gasteiger partial charge in [-0.2, -0.15) is 0 Å². The van der Waals surface area contributed by atoms with Crippen molar-refractivity contribution in [2.75, 3.05) is 40.3 Å². The van der Waals surface area contributed by atoms with E-state index in [2.05, 4.69) is 79.7 Å². The number of benzene rings is 3. The SMILES string of the molecule is CN(C)CCCOc1ccccc1CC(=O)N1C[C@H]2[C@@H](C1)C(c1ccccc1)(c1ccccc1)CC[C@@H]2O. The second-order valence-electron chi connectivity index (χ2n) is 11.2. The molecule has 200 valence electrons. The summed E-state index contributed by atoms with van der Waals surface area (Å²) in [7, 11) is 4.11. The van der Waals surface area contributed by atoms with Crippen LogP contribution in [-0.2, 0) is 16.6 Å². The molecule has 1 amide bonds. The van der Waals surface area contributed by atoms with Crippen LogP contribution in [0.4, 0.5) is 0 Å². The van der Waals surface area contributed by atoms with Crippen LogP contribution in [0, 0.1) is 11.8 Å². The summed E-state index contributed by atoms with van der Waals surface area (Å²) in [6, 6.07) is 29.3. The zero-order valence-electron chi connectivity index (χ0n) is 22.6. The number of hydrogen-bond donors (Lipinski definition) is 1. The van der Waals surface area contributed by atoms with Gasteiger partial charge in [-0.3, -0.25) is 4.79 Å². The highest BCUT2D eigenvalue weighted by molar-refractivity contribution is 5.80. The van der Waals surface area contributed by atoms with Gasteiger partial charge in [0.1, 0.15) is 5.75 Å². The molecule has 0 unspecified atom stereocenters. The number of aliphatic hydroxyl groups is 1. The number of ether oxygens (including phenoxy) is 1. The molecule has 1 saturated carbocycles. The van der Waals surface area contributed by atoms with Gasteiger partial charge in [-0.15, -0.1) is 0 Å². The predicted octanol–water partition coefficient (Wildman–Crippen LogP) is 4.78. The molecular formula is C33H40N2O3. The standard InChI is InChI=1S/C33H40N2O3/c1-34(2)20-11-21-38-31-17-10-9-12-25(31)22-32(37)35-23-28-29(24-35)33(19-18-30(28)36,26-13-5-3-6-14-26)27-15-7-4-8-16-27/h3-10,12-17,28-30,36H,11,18-24H2,1-2H3/t28-,29+,30-/m0/s1. The summed E-state index contributed by atoms with van der Waals surface area (Å²) in [6.07, 6.45) is 2.45. The van der Waals surface area contributed by atoms with Crippen LogP contribution in [0.3, 0.4) is 0 Å². The van der Waals surface area contributed by atoms with E-state index in [1.54, 1.807) is 0 Å². The van der Waals surface area contributed by atoms with Gasteiger partial charge in [0.2, 0.25) is 5.91 Å². The number of nitrogens with zero attached hydrogens (tertiary/aromatic N) is 2. The number of hydrogen-bond acceptors (Lipinski definition) is 4. The lowest BCUT2D eigenvalue weighted by molar-refractivity contribution is -0.129. The number of carbonyl (C=O) groups is 1. The minimum Gasteiger partial charge on any atom is -0.493 e. The van der Waals surface area contributed by atoms with Crippen molar-refractivity contribution < 1.29 is 14.6 Å². The molecule has 1 aliphatic heterocycles. The molecule has 0 spiro atoms. The summed E-state index contributed by atoms with van der Waals surface area (Å²) in [5, 5.41) is 11.1. The lowest BCUT2D eigenvalue weighted by Gasteiger charge is -2.48. The number of likely N-dealkylation sites (tertiary alicyclic amines) is 1. The number of aliphatic hydroxyl groups excluding tert-OH is 1. The van der Waals surface area contributed by atoms with Crippen LogP contribution >= 0.6 is 0 Å². The summed E-state index contributed by atoms with van der Waals surface area (Å²) < 4.78 is 6.07. The van der Waals surface area contributed by atoms with Crippen LogP contribution in [-0.4, -0.2) is 67.3 Å². The number of rotatable bonds is 9. The Labute approximate surface area is 227 Å². The van der Waals surface area contributed by atoms with E-state index >= 15 is 0 Å². The number of carbonyl (C=O) groups excluding carboxylic acids is 1. The predicted molar refractivity (Wildman–Crippen MR) is 151 cm³/mol. The molecule has 0 aromatic heterocycles. The van der Waals surface area contributed by atoms with Gasteiger partial charge < -0.3 is 19.6 Å². The summed E-state index contributed by atoms with van der Waals surface area (Å²) in [4.78, 5) is 17.8. The molecule has 38 heavy (non-hydrogen) atoms. The zero-order chi connectivity index (χ0) is 26.5. The third kappa shape index (κ3) is 5.36. The van der Waals surface area contributed by atoms with Gasteiger partial charge in [-0.1, -0.05) is 78.9 Å². The van der Waals surface area contributed by atoms with Crippen molar-refractivity contribution in [1.82, 2.24) is 9.80 Å². The topological polar surface area (TPSA) is 53.0 Å². The Balaban J connectivity index is 1.38. The van der Waals surface area contributed by atoms with Gasteiger partial charge in [-0.05, 0) is 56.5 Å². The van der Waals surface area contributed by atoms with Crippen molar-refractivity contribution in [2.45, 2.75) is 37.2 Å². The summed E-state index contributed by atoms with van der Waals surface area (Å²) in [5.41, 5.74) is 3.25. The third-order valence-electron chi connectivity index (χ3n) is 8.58. The van der Waals surface area contributed by atoms with Crippen molar-refractivity contribution in [3.63, 3.8) is 0 Å². The summed E-state index contributed by atoms with van der Waals surface area (Å²) in [5.74, 6) is 1.09. The van der Waals surface area contributed by atoms with Gasteiger partial charge in [0.15, 0.2) is 0 Å². The van der Waals surface area contributed by atoms with Crippen LogP contribution in [0.1, 0.15) is 36.0 Å². The van der Waals surface area contributed by atoms with Crippen LogP contribution in [0.15, 0.2) is 84.9 Å². The lowest BCUT2D eigenvalue weighted by Crippen LogP contribution is -2.48. The third-order valence-corrected chi connectivity index (χ3v) is 8.58. The molecule has 1 N–H and O–H groups in total. The maximum Gasteiger partial charge on any atom is 0.227 e. The fourth-order valence-corrected chi connectivity index (χ4v) is 6.70. The molecule has 0 radical (unpaired) electrons. The molecule has 5 rings (SSSR count). The number of amides is 1. The molecule has 1 saturated heterocycles. The normalized spacial score (nSPS) is 22.3. The Morgan fingerprint density at radius 1 is 0.947 bits per heavy atom. The van der Waals surface area contributed by atoms with Crippen LogP contribution < -0.4 is 4.74 Å². The van der Waals surface area contributed by atoms with Crippen LogP contribution in [0.5, 0.6) is 5.75 Å². The maximum atomic E-state index is 13.7. The molecule has 3 aromatic rings. The van der Waals surface area contributed by atoms with E-state index in [0.717, 1.165) is 37.1 Å². The van der Waals surface area contributed by atoms with E-state index in [1.807, 2.05) is 29.2 Å². The first kappa shape index (κ1) is 26.5. The molecule has 1 aliphatic carbocycles. The van der Waals surface area contributed by atoms with Crippen LogP contribution in [0.2, 0.25) is 0 Å². The highest BCUT2D eigenvalue weighted by Crippen LogP contribution is 2.53. The van der Waals surface area contributed by atoms with Gasteiger partial charge >= 0.3 is 0 Å². The van der Waals surface area contributed by atoms with Crippen molar-refractivity contribution in [2.24, 2.45) is 11.8 Å². The Morgan fingerprint density at radius 2 is 1.58 bits per heavy atom. The van der Waals surface area contributed by atoms with E-state index in [4.69, 9.17) is 4.74 Å². The molecule has 2 fully saturated rings. The van der Waals surface area contributed by atoms with E-state index < -0.39 is 6.10 Å².